The van der Waals surface area contributed by atoms with E-state index in [4.69, 9.17) is 5.26 Å². The summed E-state index contributed by atoms with van der Waals surface area (Å²) in [6, 6.07) is 19.7. The van der Waals surface area contributed by atoms with E-state index in [0.717, 1.165) is 60.4 Å². The molecular weight excluding hydrogens is 482 g/mol. The average Bonchev–Trinajstić information content (AvgIpc) is 3.72. The van der Waals surface area contributed by atoms with E-state index in [2.05, 4.69) is 73.0 Å². The van der Waals surface area contributed by atoms with Gasteiger partial charge < -0.3 is 14.8 Å². The van der Waals surface area contributed by atoms with Gasteiger partial charge in [0.2, 0.25) is 0 Å². The first-order chi connectivity index (χ1) is 19.1. The van der Waals surface area contributed by atoms with Gasteiger partial charge in [0.1, 0.15) is 6.33 Å². The second-order valence-electron chi connectivity index (χ2n) is 11.7. The Labute approximate surface area is 230 Å². The van der Waals surface area contributed by atoms with E-state index in [9.17, 15) is 0 Å². The molecule has 3 aliphatic rings. The molecule has 7 nitrogen and oxygen atoms in total. The molecule has 1 N–H and O–H groups in total. The van der Waals surface area contributed by atoms with Crippen LogP contribution in [0.25, 0.3) is 28.3 Å². The Morgan fingerprint density at radius 3 is 2.67 bits per heavy atom. The first-order valence-corrected chi connectivity index (χ1v) is 14.4. The fraction of sp³-hybridized carbons (Fsp3) is 0.406. The summed E-state index contributed by atoms with van der Waals surface area (Å²) in [6.45, 7) is 6.53. The fourth-order valence-electron chi connectivity index (χ4n) is 6.65. The van der Waals surface area contributed by atoms with Crippen molar-refractivity contribution in [1.82, 2.24) is 24.6 Å². The summed E-state index contributed by atoms with van der Waals surface area (Å²) in [5.74, 6) is 2.46. The Balaban J connectivity index is 1.11. The minimum absolute atomic E-state index is 0.671. The highest BCUT2D eigenvalue weighted by Gasteiger charge is 2.27. The maximum Gasteiger partial charge on any atom is 0.185 e. The van der Waals surface area contributed by atoms with Crippen molar-refractivity contribution in [1.29, 1.82) is 5.26 Å². The van der Waals surface area contributed by atoms with E-state index in [0.29, 0.717) is 17.5 Å². The van der Waals surface area contributed by atoms with Gasteiger partial charge in [-0.15, -0.1) is 10.2 Å². The number of nitriles is 1. The second-order valence-corrected chi connectivity index (χ2v) is 11.7. The van der Waals surface area contributed by atoms with Crippen molar-refractivity contribution < 1.29 is 0 Å². The normalized spacial score (nSPS) is 22.1. The Hall–Kier alpha value is -3.89. The van der Waals surface area contributed by atoms with E-state index in [1.165, 1.54) is 43.4 Å². The van der Waals surface area contributed by atoms with E-state index in [1.54, 1.807) is 0 Å². The summed E-state index contributed by atoms with van der Waals surface area (Å²) in [5.41, 5.74) is 7.65. The monoisotopic (exact) mass is 517 g/mol. The predicted molar refractivity (Wildman–Crippen MR) is 154 cm³/mol. The molecule has 2 aromatic heterocycles. The maximum absolute atomic E-state index is 9.17. The first kappa shape index (κ1) is 24.2. The molecule has 4 aromatic rings. The third-order valence-corrected chi connectivity index (χ3v) is 9.05. The van der Waals surface area contributed by atoms with Gasteiger partial charge in [0, 0.05) is 43.1 Å². The van der Waals surface area contributed by atoms with Crippen LogP contribution in [0.2, 0.25) is 0 Å². The van der Waals surface area contributed by atoms with Gasteiger partial charge in [0.15, 0.2) is 5.82 Å². The predicted octanol–water partition coefficient (Wildman–Crippen LogP) is 5.63. The SMILES string of the molecule is CC1CCC(NC[C@H]2CCN(c3ccc4c(c3)Cn3cc(-c5ccc(C#N)cc5)cc3-c3nncn3-4)C2)CC1. The van der Waals surface area contributed by atoms with Crippen LogP contribution < -0.4 is 10.2 Å². The molecule has 2 fully saturated rings. The topological polar surface area (TPSA) is 74.7 Å². The van der Waals surface area contributed by atoms with Crippen LogP contribution in [0.1, 0.15) is 50.2 Å². The Kier molecular flexibility index (Phi) is 6.21. The molecule has 2 aromatic carbocycles. The molecule has 0 unspecified atom stereocenters. The number of aromatic nitrogens is 4. The lowest BCUT2D eigenvalue weighted by Crippen LogP contribution is -2.36. The summed E-state index contributed by atoms with van der Waals surface area (Å²) in [6.07, 6.45) is 10.7. The van der Waals surface area contributed by atoms with Crippen LogP contribution in [0.5, 0.6) is 0 Å². The number of benzene rings is 2. The Bertz CT molecular complexity index is 1510. The molecule has 0 radical (unpaired) electrons. The van der Waals surface area contributed by atoms with E-state index >= 15 is 0 Å². The van der Waals surface area contributed by atoms with Crippen LogP contribution in [0.15, 0.2) is 61.1 Å². The standard InChI is InChI=1S/C32H35N7/c1-22-2-8-28(9-3-22)34-17-24-12-13-37(18-24)29-10-11-30-27(14-29)20-38-19-26(25-6-4-23(16-33)5-7-25)15-31(38)32-36-35-21-39(30)32/h4-7,10-11,14-15,19,21-22,24,28,34H,2-3,8-9,12-13,17-18,20H2,1H3/t22?,24-,28?/m1/s1. The smallest absolute Gasteiger partial charge is 0.185 e. The van der Waals surface area contributed by atoms with Gasteiger partial charge in [0.05, 0.1) is 23.0 Å². The van der Waals surface area contributed by atoms with Gasteiger partial charge in [-0.3, -0.25) is 4.57 Å². The molecule has 0 amide bonds. The molecule has 1 saturated heterocycles. The zero-order valence-electron chi connectivity index (χ0n) is 22.6. The largest absolute Gasteiger partial charge is 0.371 e. The van der Waals surface area contributed by atoms with Crippen molar-refractivity contribution in [3.63, 3.8) is 0 Å². The third-order valence-electron chi connectivity index (χ3n) is 9.05. The molecule has 39 heavy (non-hydrogen) atoms. The number of hydrogen-bond donors (Lipinski definition) is 1. The molecule has 0 bridgehead atoms. The summed E-state index contributed by atoms with van der Waals surface area (Å²) in [4.78, 5) is 2.56. The van der Waals surface area contributed by atoms with Crippen LogP contribution in [0.3, 0.4) is 0 Å². The van der Waals surface area contributed by atoms with Crippen LogP contribution in [0.4, 0.5) is 5.69 Å². The highest BCUT2D eigenvalue weighted by Crippen LogP contribution is 2.36. The van der Waals surface area contributed by atoms with Crippen molar-refractivity contribution in [3.8, 4) is 34.4 Å². The van der Waals surface area contributed by atoms with Crippen LogP contribution in [0, 0.1) is 23.2 Å². The molecule has 7 heteroatoms. The first-order valence-electron chi connectivity index (χ1n) is 14.4. The zero-order valence-corrected chi connectivity index (χ0v) is 22.6. The quantitative estimate of drug-likeness (QED) is 0.327. The van der Waals surface area contributed by atoms with Crippen molar-refractivity contribution >= 4 is 5.69 Å². The van der Waals surface area contributed by atoms with E-state index in [-0.39, 0.29) is 0 Å². The van der Waals surface area contributed by atoms with Crippen LogP contribution in [-0.2, 0) is 6.54 Å². The lowest BCUT2D eigenvalue weighted by molar-refractivity contribution is 0.297. The number of fused-ring (bicyclic) bond motifs is 5. The molecule has 7 rings (SSSR count). The number of nitrogens with zero attached hydrogens (tertiary/aromatic N) is 6. The van der Waals surface area contributed by atoms with Crippen LogP contribution >= 0.6 is 0 Å². The molecule has 1 atom stereocenters. The van der Waals surface area contributed by atoms with E-state index in [1.807, 2.05) is 30.6 Å². The molecule has 0 spiro atoms. The summed E-state index contributed by atoms with van der Waals surface area (Å²) < 4.78 is 4.40. The van der Waals surface area contributed by atoms with Crippen molar-refractivity contribution in [2.75, 3.05) is 24.5 Å². The number of hydrogen-bond acceptors (Lipinski definition) is 5. The average molecular weight is 518 g/mol. The van der Waals surface area contributed by atoms with Gasteiger partial charge in [-0.05, 0) is 98.0 Å². The van der Waals surface area contributed by atoms with Gasteiger partial charge in [0.25, 0.3) is 0 Å². The van der Waals surface area contributed by atoms with Gasteiger partial charge in [-0.2, -0.15) is 5.26 Å². The fourth-order valence-corrected chi connectivity index (χ4v) is 6.65. The van der Waals surface area contributed by atoms with Gasteiger partial charge >= 0.3 is 0 Å². The summed E-state index contributed by atoms with van der Waals surface area (Å²) in [7, 11) is 0. The van der Waals surface area contributed by atoms with Gasteiger partial charge in [-0.1, -0.05) is 19.1 Å². The number of anilines is 1. The molecular formula is C32H35N7. The number of rotatable bonds is 5. The lowest BCUT2D eigenvalue weighted by atomic mass is 9.87. The van der Waals surface area contributed by atoms with E-state index < -0.39 is 0 Å². The second kappa shape index (κ2) is 10.0. The zero-order chi connectivity index (χ0) is 26.3. The maximum atomic E-state index is 9.17. The van der Waals surface area contributed by atoms with Gasteiger partial charge in [-0.25, -0.2) is 0 Å². The minimum Gasteiger partial charge on any atom is -0.371 e. The third kappa shape index (κ3) is 4.63. The van der Waals surface area contributed by atoms with Crippen molar-refractivity contribution in [2.45, 2.75) is 51.6 Å². The van der Waals surface area contributed by atoms with Crippen molar-refractivity contribution in [3.05, 3.63) is 72.2 Å². The number of nitrogens with one attached hydrogen (secondary N) is 1. The lowest BCUT2D eigenvalue weighted by Gasteiger charge is -2.28. The van der Waals surface area contributed by atoms with Crippen LogP contribution in [-0.4, -0.2) is 45.0 Å². The molecule has 198 valence electrons. The molecule has 1 saturated carbocycles. The highest BCUT2D eigenvalue weighted by molar-refractivity contribution is 5.72. The summed E-state index contributed by atoms with van der Waals surface area (Å²) >= 11 is 0. The Morgan fingerprint density at radius 1 is 1.00 bits per heavy atom. The minimum atomic E-state index is 0.671. The molecule has 4 heterocycles. The van der Waals surface area contributed by atoms with Crippen molar-refractivity contribution in [2.24, 2.45) is 11.8 Å². The molecule has 1 aliphatic carbocycles. The Morgan fingerprint density at radius 2 is 1.85 bits per heavy atom. The summed E-state index contributed by atoms with van der Waals surface area (Å²) in [5, 5.41) is 21.8. The highest BCUT2D eigenvalue weighted by atomic mass is 15.3. The molecule has 2 aliphatic heterocycles.